The molecule has 0 aliphatic carbocycles. The van der Waals surface area contributed by atoms with E-state index in [1.165, 1.54) is 6.92 Å². The number of hydrogen-bond donors (Lipinski definition) is 2. The lowest BCUT2D eigenvalue weighted by Crippen LogP contribution is -2.40. The zero-order valence-corrected chi connectivity index (χ0v) is 13.4. The summed E-state index contributed by atoms with van der Waals surface area (Å²) in [5.74, 6) is 0.727. The third-order valence-corrected chi connectivity index (χ3v) is 3.59. The minimum absolute atomic E-state index is 0.0317. The van der Waals surface area contributed by atoms with E-state index in [4.69, 9.17) is 4.74 Å². The maximum Gasteiger partial charge on any atom is 0.268 e. The van der Waals surface area contributed by atoms with Crippen LogP contribution in [-0.2, 0) is 4.79 Å². The predicted molar refractivity (Wildman–Crippen MR) is 86.2 cm³/mol. The van der Waals surface area contributed by atoms with Crippen molar-refractivity contribution in [3.8, 4) is 5.75 Å². The molecule has 22 heavy (non-hydrogen) atoms. The largest absolute Gasteiger partial charge is 0.496 e. The summed E-state index contributed by atoms with van der Waals surface area (Å²) in [6.07, 6.45) is 0.630. The van der Waals surface area contributed by atoms with E-state index in [1.807, 2.05) is 32.0 Å². The standard InChI is InChI=1S/C17H22N2O3/c1-10(2)8-14(11(3)20)19-17(21)15-9-12-13(18-15)6-5-7-16(12)22-4/h5-7,9-10,14,18H,8H2,1-4H3,(H,19,21)/t14-/m0/s1. The van der Waals surface area contributed by atoms with Crippen LogP contribution in [0.15, 0.2) is 24.3 Å². The van der Waals surface area contributed by atoms with E-state index in [9.17, 15) is 9.59 Å². The zero-order valence-electron chi connectivity index (χ0n) is 13.4. The molecule has 118 valence electrons. The van der Waals surface area contributed by atoms with Crippen LogP contribution in [0.5, 0.6) is 5.75 Å². The van der Waals surface area contributed by atoms with Crippen molar-refractivity contribution < 1.29 is 14.3 Å². The second-order valence-corrected chi connectivity index (χ2v) is 5.87. The van der Waals surface area contributed by atoms with Crippen LogP contribution in [-0.4, -0.2) is 29.8 Å². The van der Waals surface area contributed by atoms with Gasteiger partial charge in [-0.3, -0.25) is 9.59 Å². The van der Waals surface area contributed by atoms with Gasteiger partial charge in [-0.1, -0.05) is 19.9 Å². The zero-order chi connectivity index (χ0) is 16.3. The summed E-state index contributed by atoms with van der Waals surface area (Å²) >= 11 is 0. The fourth-order valence-electron chi connectivity index (χ4n) is 2.46. The number of fused-ring (bicyclic) bond motifs is 1. The van der Waals surface area contributed by atoms with Crippen LogP contribution in [0.2, 0.25) is 0 Å². The van der Waals surface area contributed by atoms with Gasteiger partial charge >= 0.3 is 0 Å². The molecule has 0 bridgehead atoms. The Balaban J connectivity index is 2.23. The highest BCUT2D eigenvalue weighted by atomic mass is 16.5. The number of carbonyl (C=O) groups is 2. The molecule has 5 heteroatoms. The Morgan fingerprint density at radius 3 is 2.64 bits per heavy atom. The lowest BCUT2D eigenvalue weighted by Gasteiger charge is -2.17. The third kappa shape index (κ3) is 3.47. The third-order valence-electron chi connectivity index (χ3n) is 3.59. The number of carbonyl (C=O) groups excluding carboxylic acids is 2. The number of amides is 1. The molecule has 0 unspecified atom stereocenters. The number of ether oxygens (including phenoxy) is 1. The summed E-state index contributed by atoms with van der Waals surface area (Å²) in [4.78, 5) is 27.1. The van der Waals surface area contributed by atoms with Crippen LogP contribution in [0, 0.1) is 5.92 Å². The van der Waals surface area contributed by atoms with E-state index in [0.717, 1.165) is 10.9 Å². The molecule has 2 N–H and O–H groups in total. The number of Topliss-reactive ketones (excluding diaryl/α,β-unsaturated/α-hetero) is 1. The lowest BCUT2D eigenvalue weighted by atomic mass is 10.0. The molecule has 0 aliphatic heterocycles. The first-order valence-electron chi connectivity index (χ1n) is 7.39. The highest BCUT2D eigenvalue weighted by molar-refractivity contribution is 6.01. The summed E-state index contributed by atoms with van der Waals surface area (Å²) in [5, 5.41) is 3.65. The number of ketones is 1. The van der Waals surface area contributed by atoms with Gasteiger partial charge in [-0.2, -0.15) is 0 Å². The quantitative estimate of drug-likeness (QED) is 0.862. The Kier molecular flexibility index (Phi) is 4.85. The maximum atomic E-state index is 12.4. The van der Waals surface area contributed by atoms with Gasteiger partial charge in [-0.15, -0.1) is 0 Å². The molecule has 1 aromatic carbocycles. The number of rotatable bonds is 6. The molecular formula is C17H22N2O3. The second-order valence-electron chi connectivity index (χ2n) is 5.87. The van der Waals surface area contributed by atoms with Crippen LogP contribution in [0.4, 0.5) is 0 Å². The topological polar surface area (TPSA) is 71.2 Å². The molecular weight excluding hydrogens is 280 g/mol. The Bertz CT molecular complexity index is 688. The first kappa shape index (κ1) is 16.1. The highest BCUT2D eigenvalue weighted by Gasteiger charge is 2.20. The number of aromatic amines is 1. The van der Waals surface area contributed by atoms with E-state index >= 15 is 0 Å². The molecule has 0 spiro atoms. The van der Waals surface area contributed by atoms with Crippen molar-refractivity contribution >= 4 is 22.6 Å². The van der Waals surface area contributed by atoms with E-state index in [-0.39, 0.29) is 11.7 Å². The fourth-order valence-corrected chi connectivity index (χ4v) is 2.46. The van der Waals surface area contributed by atoms with Crippen LogP contribution < -0.4 is 10.1 Å². The smallest absolute Gasteiger partial charge is 0.268 e. The van der Waals surface area contributed by atoms with Gasteiger partial charge < -0.3 is 15.0 Å². The molecule has 1 aromatic heterocycles. The molecule has 1 atom stereocenters. The van der Waals surface area contributed by atoms with Crippen molar-refractivity contribution in [3.63, 3.8) is 0 Å². The first-order valence-corrected chi connectivity index (χ1v) is 7.39. The van der Waals surface area contributed by atoms with Crippen LogP contribution in [0.25, 0.3) is 10.9 Å². The summed E-state index contributed by atoms with van der Waals surface area (Å²) in [7, 11) is 1.59. The van der Waals surface area contributed by atoms with Crippen molar-refractivity contribution in [3.05, 3.63) is 30.0 Å². The van der Waals surface area contributed by atoms with Gasteiger partial charge in [-0.05, 0) is 37.5 Å². The normalized spacial score (nSPS) is 12.4. The second kappa shape index (κ2) is 6.64. The number of methoxy groups -OCH3 is 1. The Morgan fingerprint density at radius 1 is 1.32 bits per heavy atom. The molecule has 0 fully saturated rings. The Morgan fingerprint density at radius 2 is 2.05 bits per heavy atom. The SMILES string of the molecule is COc1cccc2[nH]c(C(=O)N[C@@H](CC(C)C)C(C)=O)cc12. The van der Waals surface area contributed by atoms with Gasteiger partial charge in [0.05, 0.1) is 13.2 Å². The molecule has 0 saturated heterocycles. The minimum Gasteiger partial charge on any atom is -0.496 e. The molecule has 0 aliphatic rings. The minimum atomic E-state index is -0.458. The first-order chi connectivity index (χ1) is 10.4. The molecule has 1 heterocycles. The predicted octanol–water partition coefficient (Wildman–Crippen LogP) is 2.91. The summed E-state index contributed by atoms with van der Waals surface area (Å²) in [6, 6.07) is 6.87. The van der Waals surface area contributed by atoms with Crippen LogP contribution >= 0.6 is 0 Å². The monoisotopic (exact) mass is 302 g/mol. The summed E-state index contributed by atoms with van der Waals surface area (Å²) in [6.45, 7) is 5.55. The summed E-state index contributed by atoms with van der Waals surface area (Å²) < 4.78 is 5.29. The van der Waals surface area contributed by atoms with Gasteiger partial charge in [0.1, 0.15) is 11.4 Å². The van der Waals surface area contributed by atoms with Crippen molar-refractivity contribution in [1.29, 1.82) is 0 Å². The van der Waals surface area contributed by atoms with E-state index < -0.39 is 6.04 Å². The van der Waals surface area contributed by atoms with Crippen LogP contribution in [0.3, 0.4) is 0 Å². The van der Waals surface area contributed by atoms with E-state index in [1.54, 1.807) is 13.2 Å². The van der Waals surface area contributed by atoms with Gasteiger partial charge in [0.25, 0.3) is 5.91 Å². The number of aromatic nitrogens is 1. The van der Waals surface area contributed by atoms with E-state index in [0.29, 0.717) is 23.8 Å². The summed E-state index contributed by atoms with van der Waals surface area (Å²) in [5.41, 5.74) is 1.25. The molecule has 2 rings (SSSR count). The molecule has 5 nitrogen and oxygen atoms in total. The number of benzene rings is 1. The van der Waals surface area contributed by atoms with Crippen molar-refractivity contribution in [1.82, 2.24) is 10.3 Å². The molecule has 0 saturated carbocycles. The van der Waals surface area contributed by atoms with Crippen molar-refractivity contribution in [2.75, 3.05) is 7.11 Å². The fraction of sp³-hybridized carbons (Fsp3) is 0.412. The highest BCUT2D eigenvalue weighted by Crippen LogP contribution is 2.26. The van der Waals surface area contributed by atoms with Gasteiger partial charge in [0, 0.05) is 10.9 Å². The molecule has 0 radical (unpaired) electrons. The average molecular weight is 302 g/mol. The van der Waals surface area contributed by atoms with Gasteiger partial charge in [-0.25, -0.2) is 0 Å². The number of hydrogen-bond acceptors (Lipinski definition) is 3. The van der Waals surface area contributed by atoms with Crippen molar-refractivity contribution in [2.45, 2.75) is 33.2 Å². The van der Waals surface area contributed by atoms with Gasteiger partial charge in [0.15, 0.2) is 5.78 Å². The Labute approximate surface area is 130 Å². The van der Waals surface area contributed by atoms with Crippen LogP contribution in [0.1, 0.15) is 37.7 Å². The molecule has 1 amide bonds. The Hall–Kier alpha value is -2.30. The van der Waals surface area contributed by atoms with E-state index in [2.05, 4.69) is 10.3 Å². The number of H-pyrrole nitrogens is 1. The maximum absolute atomic E-state index is 12.4. The number of nitrogens with one attached hydrogen (secondary N) is 2. The molecule has 2 aromatic rings. The average Bonchev–Trinajstić information content (AvgIpc) is 2.89. The lowest BCUT2D eigenvalue weighted by molar-refractivity contribution is -0.119. The van der Waals surface area contributed by atoms with Gasteiger partial charge in [0.2, 0.25) is 0 Å². The van der Waals surface area contributed by atoms with Crippen molar-refractivity contribution in [2.24, 2.45) is 5.92 Å².